The lowest BCUT2D eigenvalue weighted by atomic mass is 9.94. The average molecular weight is 276 g/mol. The zero-order chi connectivity index (χ0) is 12.6. The topological polar surface area (TPSA) is 69.4 Å². The minimum atomic E-state index is -0.589. The first-order chi connectivity index (χ1) is 7.97. The first-order valence-electron chi connectivity index (χ1n) is 4.79. The van der Waals surface area contributed by atoms with E-state index < -0.39 is 4.92 Å². The van der Waals surface area contributed by atoms with Gasteiger partial charge < -0.3 is 4.74 Å². The molecular formula is C10H7Cl2NO4. The molecule has 0 radical (unpaired) electrons. The van der Waals surface area contributed by atoms with Gasteiger partial charge in [0, 0.05) is 25.0 Å². The first-order valence-corrected chi connectivity index (χ1v) is 5.54. The normalized spacial score (nSPS) is 15.5. The number of nitrogens with zero attached hydrogens (tertiary/aromatic N) is 1. The molecule has 0 amide bonds. The molecule has 0 saturated heterocycles. The van der Waals surface area contributed by atoms with E-state index in [1.54, 1.807) is 0 Å². The van der Waals surface area contributed by atoms with E-state index in [9.17, 15) is 14.9 Å². The Morgan fingerprint density at radius 3 is 2.24 bits per heavy atom. The van der Waals surface area contributed by atoms with Gasteiger partial charge in [-0.1, -0.05) is 23.2 Å². The van der Waals surface area contributed by atoms with Crippen LogP contribution in [0.15, 0.2) is 12.1 Å². The Kier molecular flexibility index (Phi) is 3.22. The Morgan fingerprint density at radius 1 is 1.29 bits per heavy atom. The molecule has 90 valence electrons. The van der Waals surface area contributed by atoms with Gasteiger partial charge in [0.25, 0.3) is 5.69 Å². The molecule has 17 heavy (non-hydrogen) atoms. The second-order valence-corrected chi connectivity index (χ2v) is 4.50. The maximum atomic E-state index is 10.8. The predicted molar refractivity (Wildman–Crippen MR) is 61.8 cm³/mol. The smallest absolute Gasteiger partial charge is 0.272 e. The SMILES string of the molecule is O=C1CC(Oc2c(Cl)cc([N+](=O)[O-])cc2Cl)C1. The summed E-state index contributed by atoms with van der Waals surface area (Å²) in [5.41, 5.74) is -0.197. The second-order valence-electron chi connectivity index (χ2n) is 3.68. The monoisotopic (exact) mass is 275 g/mol. The molecule has 1 aromatic rings. The number of halogens is 2. The van der Waals surface area contributed by atoms with Crippen molar-refractivity contribution in [2.75, 3.05) is 0 Å². The maximum Gasteiger partial charge on any atom is 0.272 e. The van der Waals surface area contributed by atoms with Crippen LogP contribution in [0.3, 0.4) is 0 Å². The number of nitro groups is 1. The van der Waals surface area contributed by atoms with Gasteiger partial charge >= 0.3 is 0 Å². The molecule has 0 heterocycles. The number of rotatable bonds is 3. The van der Waals surface area contributed by atoms with Gasteiger partial charge in [-0.25, -0.2) is 0 Å². The van der Waals surface area contributed by atoms with E-state index in [0.29, 0.717) is 12.8 Å². The fourth-order valence-electron chi connectivity index (χ4n) is 1.46. The van der Waals surface area contributed by atoms with Gasteiger partial charge in [0.15, 0.2) is 5.75 Å². The molecule has 0 N–H and O–H groups in total. The van der Waals surface area contributed by atoms with Crippen molar-refractivity contribution >= 4 is 34.7 Å². The summed E-state index contributed by atoms with van der Waals surface area (Å²) in [6.07, 6.45) is 0.409. The van der Waals surface area contributed by atoms with Gasteiger partial charge in [0.1, 0.15) is 11.9 Å². The fraction of sp³-hybridized carbons (Fsp3) is 0.300. The number of carbonyl (C=O) groups is 1. The molecule has 0 bridgehead atoms. The highest BCUT2D eigenvalue weighted by Crippen LogP contribution is 2.38. The van der Waals surface area contributed by atoms with E-state index in [4.69, 9.17) is 27.9 Å². The minimum Gasteiger partial charge on any atom is -0.486 e. The quantitative estimate of drug-likeness (QED) is 0.628. The number of nitro benzene ring substituents is 1. The van der Waals surface area contributed by atoms with Crippen LogP contribution >= 0.6 is 23.2 Å². The molecule has 2 rings (SSSR count). The molecule has 1 aromatic carbocycles. The van der Waals surface area contributed by atoms with Gasteiger partial charge in [-0.3, -0.25) is 14.9 Å². The maximum absolute atomic E-state index is 10.8. The summed E-state index contributed by atoms with van der Waals surface area (Å²) in [5.74, 6) is 0.306. The number of hydrogen-bond acceptors (Lipinski definition) is 4. The molecule has 0 aliphatic heterocycles. The van der Waals surface area contributed by atoms with E-state index in [0.717, 1.165) is 0 Å². The van der Waals surface area contributed by atoms with Crippen LogP contribution in [0.5, 0.6) is 5.75 Å². The lowest BCUT2D eigenvalue weighted by Crippen LogP contribution is -2.33. The summed E-state index contributed by atoms with van der Waals surface area (Å²) in [7, 11) is 0. The van der Waals surface area contributed by atoms with Gasteiger partial charge in [-0.2, -0.15) is 0 Å². The minimum absolute atomic E-state index is 0.0727. The van der Waals surface area contributed by atoms with E-state index >= 15 is 0 Å². The number of benzene rings is 1. The largest absolute Gasteiger partial charge is 0.486 e. The Morgan fingerprint density at radius 2 is 1.82 bits per heavy atom. The third kappa shape index (κ3) is 2.50. The molecule has 0 aromatic heterocycles. The fourth-order valence-corrected chi connectivity index (χ4v) is 2.03. The standard InChI is InChI=1S/C10H7Cl2NO4/c11-8-1-5(13(15)16)2-9(12)10(8)17-7-3-6(14)4-7/h1-2,7H,3-4H2. The lowest BCUT2D eigenvalue weighted by molar-refractivity contribution is -0.384. The van der Waals surface area contributed by atoms with Crippen LogP contribution in [0.4, 0.5) is 5.69 Å². The van der Waals surface area contributed by atoms with Crippen molar-refractivity contribution in [1.29, 1.82) is 0 Å². The van der Waals surface area contributed by atoms with Crippen molar-refractivity contribution in [2.45, 2.75) is 18.9 Å². The van der Waals surface area contributed by atoms with Crippen molar-refractivity contribution in [2.24, 2.45) is 0 Å². The summed E-state index contributed by atoms with van der Waals surface area (Å²) in [6, 6.07) is 2.34. The van der Waals surface area contributed by atoms with E-state index in [1.807, 2.05) is 0 Å². The molecule has 1 saturated carbocycles. The first kappa shape index (κ1) is 12.1. The van der Waals surface area contributed by atoms with Gasteiger partial charge in [0.2, 0.25) is 0 Å². The highest BCUT2D eigenvalue weighted by Gasteiger charge is 2.30. The van der Waals surface area contributed by atoms with Crippen molar-refractivity contribution < 1.29 is 14.5 Å². The molecule has 0 spiro atoms. The molecule has 1 aliphatic carbocycles. The third-order valence-corrected chi connectivity index (χ3v) is 2.95. The van der Waals surface area contributed by atoms with Gasteiger partial charge in [-0.05, 0) is 0 Å². The van der Waals surface area contributed by atoms with E-state index in [1.165, 1.54) is 12.1 Å². The number of non-ortho nitro benzene ring substituents is 1. The Labute approximate surface area is 106 Å². The van der Waals surface area contributed by atoms with Crippen molar-refractivity contribution in [3.63, 3.8) is 0 Å². The average Bonchev–Trinajstić information content (AvgIpc) is 2.19. The Balaban J connectivity index is 2.22. The highest BCUT2D eigenvalue weighted by atomic mass is 35.5. The Bertz CT molecular complexity index is 472. The molecular weight excluding hydrogens is 269 g/mol. The summed E-state index contributed by atoms with van der Waals surface area (Å²) < 4.78 is 5.41. The molecule has 5 nitrogen and oxygen atoms in total. The molecule has 0 unspecified atom stereocenters. The molecule has 1 fully saturated rings. The predicted octanol–water partition coefficient (Wildman–Crippen LogP) is 3.01. The second kappa shape index (κ2) is 4.50. The summed E-state index contributed by atoms with van der Waals surface area (Å²) in [6.45, 7) is 0. The van der Waals surface area contributed by atoms with Crippen molar-refractivity contribution in [3.05, 3.63) is 32.3 Å². The van der Waals surface area contributed by atoms with E-state index in [-0.39, 0.29) is 33.4 Å². The van der Waals surface area contributed by atoms with Crippen LogP contribution in [0.2, 0.25) is 10.0 Å². The van der Waals surface area contributed by atoms with Gasteiger partial charge in [0.05, 0.1) is 15.0 Å². The lowest BCUT2D eigenvalue weighted by Gasteiger charge is -2.25. The zero-order valence-corrected chi connectivity index (χ0v) is 9.99. The number of ketones is 1. The van der Waals surface area contributed by atoms with Crippen LogP contribution < -0.4 is 4.74 Å². The molecule has 1 aliphatic rings. The molecule has 7 heteroatoms. The third-order valence-electron chi connectivity index (χ3n) is 2.39. The van der Waals surface area contributed by atoms with Crippen LogP contribution in [0.1, 0.15) is 12.8 Å². The zero-order valence-electron chi connectivity index (χ0n) is 8.48. The molecule has 0 atom stereocenters. The summed E-state index contributed by atoms with van der Waals surface area (Å²) in [4.78, 5) is 20.7. The van der Waals surface area contributed by atoms with Crippen LogP contribution in [-0.4, -0.2) is 16.8 Å². The highest BCUT2D eigenvalue weighted by molar-refractivity contribution is 6.37. The van der Waals surface area contributed by atoms with Gasteiger partial charge in [-0.15, -0.1) is 0 Å². The van der Waals surface area contributed by atoms with E-state index in [2.05, 4.69) is 0 Å². The van der Waals surface area contributed by atoms with Crippen molar-refractivity contribution in [1.82, 2.24) is 0 Å². The van der Waals surface area contributed by atoms with Crippen LogP contribution in [-0.2, 0) is 4.79 Å². The number of ether oxygens (including phenoxy) is 1. The number of carbonyl (C=O) groups excluding carboxylic acids is 1. The summed E-state index contributed by atoms with van der Waals surface area (Å²) >= 11 is 11.7. The van der Waals surface area contributed by atoms with Crippen LogP contribution in [0, 0.1) is 10.1 Å². The van der Waals surface area contributed by atoms with Crippen LogP contribution in [0.25, 0.3) is 0 Å². The summed E-state index contributed by atoms with van der Waals surface area (Å²) in [5, 5.41) is 10.7. The number of Topliss-reactive ketones (excluding diaryl/α,β-unsaturated/α-hetero) is 1. The Hall–Kier alpha value is -1.33. The number of hydrogen-bond donors (Lipinski definition) is 0. The van der Waals surface area contributed by atoms with Crippen molar-refractivity contribution in [3.8, 4) is 5.75 Å².